The number of benzene rings is 6. The van der Waals surface area contributed by atoms with Gasteiger partial charge in [0, 0.05) is 44.2 Å². The van der Waals surface area contributed by atoms with E-state index in [9.17, 15) is 0 Å². The van der Waals surface area contributed by atoms with Crippen LogP contribution in [0.4, 0.5) is 0 Å². The summed E-state index contributed by atoms with van der Waals surface area (Å²) in [6.07, 6.45) is 0. The van der Waals surface area contributed by atoms with Crippen LogP contribution in [0.2, 0.25) is 0 Å². The smallest absolute Gasteiger partial charge is 0.333 e. The van der Waals surface area contributed by atoms with E-state index < -0.39 is 0 Å². The van der Waals surface area contributed by atoms with Gasteiger partial charge in [-0.1, -0.05) is 115 Å². The van der Waals surface area contributed by atoms with Gasteiger partial charge in [0.1, 0.15) is 0 Å². The normalized spacial score (nSPS) is 12.8. The molecule has 8 aromatic rings. The number of hydrogen-bond donors (Lipinski definition) is 0. The molecule has 0 spiro atoms. The molecule has 2 aliphatic heterocycles. The highest BCUT2D eigenvalue weighted by Crippen LogP contribution is 2.48. The molecule has 200 valence electrons. The monoisotopic (exact) mass is 546 g/mol. The van der Waals surface area contributed by atoms with Crippen molar-refractivity contribution >= 4 is 50.5 Å². The van der Waals surface area contributed by atoms with Crippen molar-refractivity contribution in [2.24, 2.45) is 0 Å². The van der Waals surface area contributed by atoms with Gasteiger partial charge in [-0.25, -0.2) is 0 Å². The maximum atomic E-state index is 2.70. The summed E-state index contributed by atoms with van der Waals surface area (Å²) in [6.45, 7) is 4.57. The summed E-state index contributed by atoms with van der Waals surface area (Å²) in [7, 11) is 0. The van der Waals surface area contributed by atoms with Gasteiger partial charge in [-0.2, -0.15) is 0 Å². The molecule has 2 aromatic heterocycles. The largest absolute Gasteiger partial charge is 0.375 e. The number of aromatic nitrogens is 2. The van der Waals surface area contributed by atoms with Gasteiger partial charge in [0.2, 0.25) is 0 Å². The molecule has 0 aliphatic carbocycles. The summed E-state index contributed by atoms with van der Waals surface area (Å²) in [6, 6.07) is 47.4. The van der Waals surface area contributed by atoms with Crippen LogP contribution in [0.1, 0.15) is 11.1 Å². The van der Waals surface area contributed by atoms with E-state index in [4.69, 9.17) is 0 Å². The van der Waals surface area contributed by atoms with Gasteiger partial charge in [-0.15, -0.1) is 0 Å². The molecule has 0 fully saturated rings. The molecule has 0 saturated carbocycles. The van der Waals surface area contributed by atoms with Crippen LogP contribution in [0.25, 0.3) is 71.9 Å². The summed E-state index contributed by atoms with van der Waals surface area (Å²) in [5, 5.41) is 3.95. The summed E-state index contributed by atoms with van der Waals surface area (Å²) in [4.78, 5) is 0. The summed E-state index contributed by atoms with van der Waals surface area (Å²) in [5.74, 6) is 0. The summed E-state index contributed by atoms with van der Waals surface area (Å²) in [5.41, 5.74) is 18.5. The van der Waals surface area contributed by atoms with Crippen molar-refractivity contribution < 1.29 is 0 Å². The van der Waals surface area contributed by atoms with E-state index in [2.05, 4.69) is 150 Å². The minimum atomic E-state index is 0.0531. The van der Waals surface area contributed by atoms with Crippen molar-refractivity contribution in [2.45, 2.75) is 13.8 Å². The fourth-order valence-electron chi connectivity index (χ4n) is 8.39. The maximum Gasteiger partial charge on any atom is 0.333 e. The van der Waals surface area contributed by atoms with E-state index >= 15 is 0 Å². The molecular formula is C40H27BN2. The third kappa shape index (κ3) is 2.80. The standard InChI is InChI=1S/C40H27BN2/c1-24-12-8-13-25(2)35(24)36-31-20-9-18-30-28-17-11-23-34-37(28)41(43(39(30)31)38(36)26-14-4-3-5-15-26)32-21-10-19-29-27-16-6-7-22-33(27)42(34)40(29)32/h3-23H,1-2H3. The number of aryl methyl sites for hydroxylation is 2. The molecule has 0 radical (unpaired) electrons. The van der Waals surface area contributed by atoms with Crippen LogP contribution in [0.3, 0.4) is 0 Å². The number of rotatable bonds is 2. The Kier molecular flexibility index (Phi) is 4.43. The zero-order valence-electron chi connectivity index (χ0n) is 24.1. The zero-order chi connectivity index (χ0) is 28.4. The molecular weight excluding hydrogens is 519 g/mol. The molecule has 4 heterocycles. The first-order chi connectivity index (χ1) is 21.2. The Morgan fingerprint density at radius 2 is 1.19 bits per heavy atom. The molecule has 43 heavy (non-hydrogen) atoms. The Morgan fingerprint density at radius 3 is 2.05 bits per heavy atom. The second kappa shape index (κ2) is 8.17. The molecule has 2 nitrogen and oxygen atoms in total. The lowest BCUT2D eigenvalue weighted by Crippen LogP contribution is -2.55. The minimum Gasteiger partial charge on any atom is -0.375 e. The highest BCUT2D eigenvalue weighted by atomic mass is 15.0. The third-order valence-electron chi connectivity index (χ3n) is 9.97. The van der Waals surface area contributed by atoms with Gasteiger partial charge >= 0.3 is 6.85 Å². The van der Waals surface area contributed by atoms with Crippen molar-refractivity contribution in [3.05, 3.63) is 139 Å². The van der Waals surface area contributed by atoms with E-state index in [1.807, 2.05) is 0 Å². The Morgan fingerprint density at radius 1 is 0.512 bits per heavy atom. The first-order valence-corrected chi connectivity index (χ1v) is 15.2. The van der Waals surface area contributed by atoms with Crippen LogP contribution in [0.5, 0.6) is 0 Å². The van der Waals surface area contributed by atoms with Gasteiger partial charge in [0.05, 0.1) is 11.0 Å². The quantitative estimate of drug-likeness (QED) is 0.192. The average Bonchev–Trinajstić information content (AvgIpc) is 3.56. The van der Waals surface area contributed by atoms with E-state index in [0.717, 1.165) is 0 Å². The van der Waals surface area contributed by atoms with Crippen molar-refractivity contribution in [3.63, 3.8) is 0 Å². The highest BCUT2D eigenvalue weighted by molar-refractivity contribution is 6.89. The van der Waals surface area contributed by atoms with Crippen LogP contribution in [-0.4, -0.2) is 15.9 Å². The van der Waals surface area contributed by atoms with E-state index in [-0.39, 0.29) is 6.85 Å². The topological polar surface area (TPSA) is 9.86 Å². The van der Waals surface area contributed by atoms with Gasteiger partial charge in [-0.05, 0) is 64.7 Å². The van der Waals surface area contributed by atoms with Crippen molar-refractivity contribution in [3.8, 4) is 39.2 Å². The predicted octanol–water partition coefficient (Wildman–Crippen LogP) is 8.64. The lowest BCUT2D eigenvalue weighted by molar-refractivity contribution is 1.17. The van der Waals surface area contributed by atoms with Crippen LogP contribution in [0.15, 0.2) is 127 Å². The van der Waals surface area contributed by atoms with Crippen molar-refractivity contribution in [1.29, 1.82) is 0 Å². The predicted molar refractivity (Wildman–Crippen MR) is 182 cm³/mol. The fraction of sp³-hybridized carbons (Fsp3) is 0.0500. The van der Waals surface area contributed by atoms with Crippen LogP contribution < -0.4 is 10.9 Å². The molecule has 0 unspecified atom stereocenters. The lowest BCUT2D eigenvalue weighted by atomic mass is 9.45. The van der Waals surface area contributed by atoms with E-state index in [0.29, 0.717) is 0 Å². The molecule has 0 bridgehead atoms. The number of para-hydroxylation sites is 3. The number of fused-ring (bicyclic) bond motifs is 7. The molecule has 6 aromatic carbocycles. The Hall–Kier alpha value is -5.28. The average molecular weight is 546 g/mol. The fourth-order valence-corrected chi connectivity index (χ4v) is 8.39. The molecule has 2 aliphatic rings. The van der Waals surface area contributed by atoms with E-state index in [1.165, 1.54) is 94.0 Å². The Bertz CT molecular complexity index is 2460. The summed E-state index contributed by atoms with van der Waals surface area (Å²) >= 11 is 0. The molecule has 3 heteroatoms. The van der Waals surface area contributed by atoms with E-state index in [1.54, 1.807) is 0 Å². The Balaban J connectivity index is 1.47. The molecule has 0 N–H and O–H groups in total. The molecule has 10 rings (SSSR count). The first-order valence-electron chi connectivity index (χ1n) is 15.2. The molecule has 0 amide bonds. The SMILES string of the molecule is Cc1cccc(C)c1-c1c(-c2ccccc2)n2c3c(cccc13)-c1cccc3c1B2c1cccc2c4ccccc4n-3c12. The van der Waals surface area contributed by atoms with Gasteiger partial charge < -0.3 is 9.05 Å². The second-order valence-corrected chi connectivity index (χ2v) is 12.2. The Labute approximate surface area is 250 Å². The molecule has 0 saturated heterocycles. The first kappa shape index (κ1) is 23.3. The van der Waals surface area contributed by atoms with Crippen molar-refractivity contribution in [1.82, 2.24) is 9.05 Å². The van der Waals surface area contributed by atoms with Crippen LogP contribution in [0, 0.1) is 13.8 Å². The van der Waals surface area contributed by atoms with Gasteiger partial charge in [0.15, 0.2) is 0 Å². The number of nitrogens with zero attached hydrogens (tertiary/aromatic N) is 2. The highest BCUT2D eigenvalue weighted by Gasteiger charge is 2.42. The summed E-state index contributed by atoms with van der Waals surface area (Å²) < 4.78 is 5.22. The number of hydrogen-bond acceptors (Lipinski definition) is 0. The van der Waals surface area contributed by atoms with Crippen LogP contribution >= 0.6 is 0 Å². The van der Waals surface area contributed by atoms with Crippen LogP contribution in [-0.2, 0) is 0 Å². The van der Waals surface area contributed by atoms with Gasteiger partial charge in [0.25, 0.3) is 0 Å². The zero-order valence-corrected chi connectivity index (χ0v) is 24.1. The van der Waals surface area contributed by atoms with Crippen molar-refractivity contribution in [2.75, 3.05) is 0 Å². The van der Waals surface area contributed by atoms with Gasteiger partial charge in [-0.3, -0.25) is 0 Å². The maximum absolute atomic E-state index is 2.70. The lowest BCUT2D eigenvalue weighted by Gasteiger charge is -2.34. The third-order valence-corrected chi connectivity index (χ3v) is 9.97. The second-order valence-electron chi connectivity index (χ2n) is 12.2. The molecule has 0 atom stereocenters. The minimum absolute atomic E-state index is 0.0531.